The second-order valence-corrected chi connectivity index (χ2v) is 6.03. The molecule has 1 saturated carbocycles. The first-order chi connectivity index (χ1) is 12.1. The van der Waals surface area contributed by atoms with Crippen LogP contribution in [0.25, 0.3) is 5.78 Å². The average Bonchev–Trinajstić information content (AvgIpc) is 3.36. The quantitative estimate of drug-likeness (QED) is 0.759. The van der Waals surface area contributed by atoms with Crippen LogP contribution >= 0.6 is 0 Å². The molecular formula is C17H16N6O2. The third-order valence-corrected chi connectivity index (χ3v) is 3.99. The third-order valence-electron chi connectivity index (χ3n) is 3.99. The first-order valence-corrected chi connectivity index (χ1v) is 8.01. The van der Waals surface area contributed by atoms with Gasteiger partial charge in [0.25, 0.3) is 11.7 Å². The number of nitrogens with zero attached hydrogens (tertiary/aromatic N) is 4. The highest BCUT2D eigenvalue weighted by Crippen LogP contribution is 2.30. The fourth-order valence-electron chi connectivity index (χ4n) is 2.42. The summed E-state index contributed by atoms with van der Waals surface area (Å²) in [4.78, 5) is 32.2. The summed E-state index contributed by atoms with van der Waals surface area (Å²) >= 11 is 0. The monoisotopic (exact) mass is 336 g/mol. The Bertz CT molecular complexity index is 959. The molecule has 4 rings (SSSR count). The zero-order valence-corrected chi connectivity index (χ0v) is 13.6. The highest BCUT2D eigenvalue weighted by molar-refractivity contribution is 6.02. The van der Waals surface area contributed by atoms with Gasteiger partial charge in [0.05, 0.1) is 0 Å². The normalized spacial score (nSPS) is 13.6. The lowest BCUT2D eigenvalue weighted by Crippen LogP contribution is -2.15. The Hall–Kier alpha value is -3.29. The van der Waals surface area contributed by atoms with E-state index in [0.717, 1.165) is 18.5 Å². The van der Waals surface area contributed by atoms with E-state index in [9.17, 15) is 9.59 Å². The van der Waals surface area contributed by atoms with Crippen molar-refractivity contribution in [3.63, 3.8) is 0 Å². The van der Waals surface area contributed by atoms with Gasteiger partial charge in [0.1, 0.15) is 0 Å². The molecule has 25 heavy (non-hydrogen) atoms. The lowest BCUT2D eigenvalue weighted by molar-refractivity contribution is -0.117. The Morgan fingerprint density at radius 1 is 1.08 bits per heavy atom. The van der Waals surface area contributed by atoms with Gasteiger partial charge >= 0.3 is 0 Å². The van der Waals surface area contributed by atoms with Gasteiger partial charge in [-0.15, -0.1) is 5.10 Å². The maximum absolute atomic E-state index is 12.3. The minimum Gasteiger partial charge on any atom is -0.326 e. The van der Waals surface area contributed by atoms with E-state index in [-0.39, 0.29) is 17.6 Å². The molecule has 0 spiro atoms. The predicted molar refractivity (Wildman–Crippen MR) is 91.3 cm³/mol. The van der Waals surface area contributed by atoms with Crippen molar-refractivity contribution in [1.82, 2.24) is 19.6 Å². The van der Waals surface area contributed by atoms with Crippen molar-refractivity contribution >= 4 is 29.0 Å². The minimum absolute atomic E-state index is 0.0490. The number of fused-ring (bicyclic) bond motifs is 1. The van der Waals surface area contributed by atoms with E-state index >= 15 is 0 Å². The molecule has 0 aliphatic heterocycles. The highest BCUT2D eigenvalue weighted by Gasteiger charge is 2.29. The van der Waals surface area contributed by atoms with Crippen LogP contribution in [-0.2, 0) is 4.79 Å². The van der Waals surface area contributed by atoms with Gasteiger partial charge in [-0.3, -0.25) is 9.59 Å². The summed E-state index contributed by atoms with van der Waals surface area (Å²) < 4.78 is 1.52. The SMILES string of the molecule is Cc1ccnc2nc(C(=O)Nc3ccc(NC(=O)C4CC4)cc3)nn12. The first kappa shape index (κ1) is 15.3. The van der Waals surface area contributed by atoms with Crippen LogP contribution in [0.2, 0.25) is 0 Å². The van der Waals surface area contributed by atoms with Crippen LogP contribution in [0, 0.1) is 12.8 Å². The molecule has 126 valence electrons. The molecule has 1 fully saturated rings. The minimum atomic E-state index is -0.417. The summed E-state index contributed by atoms with van der Waals surface area (Å²) in [6.45, 7) is 1.86. The number of carbonyl (C=O) groups is 2. The van der Waals surface area contributed by atoms with Gasteiger partial charge in [-0.05, 0) is 50.1 Å². The number of hydrogen-bond donors (Lipinski definition) is 2. The molecule has 8 nitrogen and oxygen atoms in total. The summed E-state index contributed by atoms with van der Waals surface area (Å²) in [6.07, 6.45) is 3.54. The molecule has 2 aromatic heterocycles. The Kier molecular flexibility index (Phi) is 3.64. The van der Waals surface area contributed by atoms with Crippen LogP contribution in [0.15, 0.2) is 36.5 Å². The Labute approximate surface area is 143 Å². The van der Waals surface area contributed by atoms with E-state index in [1.807, 2.05) is 6.92 Å². The molecule has 8 heteroatoms. The average molecular weight is 336 g/mol. The van der Waals surface area contributed by atoms with Crippen LogP contribution < -0.4 is 10.6 Å². The molecule has 0 bridgehead atoms. The molecule has 0 saturated heterocycles. The molecule has 0 radical (unpaired) electrons. The molecule has 0 unspecified atom stereocenters. The molecule has 1 aliphatic carbocycles. The number of carbonyl (C=O) groups excluding carboxylic acids is 2. The fraction of sp³-hybridized carbons (Fsp3) is 0.235. The van der Waals surface area contributed by atoms with Gasteiger partial charge in [0, 0.05) is 29.2 Å². The lowest BCUT2D eigenvalue weighted by Gasteiger charge is -2.06. The summed E-state index contributed by atoms with van der Waals surface area (Å²) in [5.74, 6) is 0.210. The summed E-state index contributed by atoms with van der Waals surface area (Å²) in [7, 11) is 0. The number of benzene rings is 1. The predicted octanol–water partition coefficient (Wildman–Crippen LogP) is 2.03. The molecule has 0 atom stereocenters. The van der Waals surface area contributed by atoms with Crippen LogP contribution in [0.4, 0.5) is 11.4 Å². The molecule has 1 aromatic carbocycles. The van der Waals surface area contributed by atoms with E-state index in [1.54, 1.807) is 36.5 Å². The van der Waals surface area contributed by atoms with Crippen molar-refractivity contribution in [2.24, 2.45) is 5.92 Å². The van der Waals surface area contributed by atoms with Crippen molar-refractivity contribution in [3.8, 4) is 0 Å². The zero-order chi connectivity index (χ0) is 17.4. The van der Waals surface area contributed by atoms with Gasteiger partial charge in [0.15, 0.2) is 0 Å². The van der Waals surface area contributed by atoms with Crippen molar-refractivity contribution in [2.45, 2.75) is 19.8 Å². The molecule has 1 aliphatic rings. The maximum Gasteiger partial charge on any atom is 0.295 e. The lowest BCUT2D eigenvalue weighted by atomic mass is 10.2. The molecule has 3 aromatic rings. The summed E-state index contributed by atoms with van der Waals surface area (Å²) in [5.41, 5.74) is 2.14. The number of aryl methyl sites for hydroxylation is 1. The van der Waals surface area contributed by atoms with E-state index in [2.05, 4.69) is 25.7 Å². The third kappa shape index (κ3) is 3.18. The number of aromatic nitrogens is 4. The fourth-order valence-corrected chi connectivity index (χ4v) is 2.42. The van der Waals surface area contributed by atoms with Crippen LogP contribution in [0.1, 0.15) is 29.2 Å². The summed E-state index contributed by atoms with van der Waals surface area (Å²) in [5, 5.41) is 9.75. The number of amides is 2. The van der Waals surface area contributed by atoms with Gasteiger partial charge in [-0.25, -0.2) is 9.50 Å². The maximum atomic E-state index is 12.3. The van der Waals surface area contributed by atoms with E-state index in [4.69, 9.17) is 0 Å². The van der Waals surface area contributed by atoms with Crippen LogP contribution in [-0.4, -0.2) is 31.4 Å². The molecule has 2 amide bonds. The highest BCUT2D eigenvalue weighted by atomic mass is 16.2. The number of nitrogens with one attached hydrogen (secondary N) is 2. The van der Waals surface area contributed by atoms with E-state index in [1.165, 1.54) is 4.52 Å². The van der Waals surface area contributed by atoms with E-state index in [0.29, 0.717) is 17.2 Å². The van der Waals surface area contributed by atoms with Gasteiger partial charge in [0.2, 0.25) is 11.7 Å². The zero-order valence-electron chi connectivity index (χ0n) is 13.6. The van der Waals surface area contributed by atoms with Crippen molar-refractivity contribution in [2.75, 3.05) is 10.6 Å². The molecular weight excluding hydrogens is 320 g/mol. The Morgan fingerprint density at radius 2 is 1.76 bits per heavy atom. The van der Waals surface area contributed by atoms with Crippen molar-refractivity contribution in [3.05, 3.63) is 48.0 Å². The van der Waals surface area contributed by atoms with Gasteiger partial charge < -0.3 is 10.6 Å². The number of rotatable bonds is 4. The van der Waals surface area contributed by atoms with Crippen LogP contribution in [0.5, 0.6) is 0 Å². The second kappa shape index (κ2) is 5.97. The Morgan fingerprint density at radius 3 is 2.40 bits per heavy atom. The second-order valence-electron chi connectivity index (χ2n) is 6.03. The molecule has 2 N–H and O–H groups in total. The summed E-state index contributed by atoms with van der Waals surface area (Å²) in [6, 6.07) is 8.73. The van der Waals surface area contributed by atoms with Crippen molar-refractivity contribution < 1.29 is 9.59 Å². The first-order valence-electron chi connectivity index (χ1n) is 8.01. The smallest absolute Gasteiger partial charge is 0.295 e. The van der Waals surface area contributed by atoms with Gasteiger partial charge in [-0.2, -0.15) is 4.98 Å². The standard InChI is InChI=1S/C17H16N6O2/c1-10-8-9-18-17-21-14(22-23(10)17)16(25)20-13-6-4-12(5-7-13)19-15(24)11-2-3-11/h4-9,11H,2-3H2,1H3,(H,19,24)(H,20,25). The number of hydrogen-bond acceptors (Lipinski definition) is 5. The number of anilines is 2. The largest absolute Gasteiger partial charge is 0.326 e. The van der Waals surface area contributed by atoms with Crippen molar-refractivity contribution in [1.29, 1.82) is 0 Å². The molecule has 2 heterocycles. The topological polar surface area (TPSA) is 101 Å². The van der Waals surface area contributed by atoms with Gasteiger partial charge in [-0.1, -0.05) is 0 Å². The van der Waals surface area contributed by atoms with E-state index < -0.39 is 5.91 Å². The Balaban J connectivity index is 1.46. The van der Waals surface area contributed by atoms with Crippen LogP contribution in [0.3, 0.4) is 0 Å².